The third kappa shape index (κ3) is 2.29. The molecule has 2 heterocycles. The van der Waals surface area contributed by atoms with Crippen LogP contribution in [-0.4, -0.2) is 25.8 Å². The summed E-state index contributed by atoms with van der Waals surface area (Å²) in [5.74, 6) is -0.538. The number of benzene rings is 1. The van der Waals surface area contributed by atoms with Gasteiger partial charge in [0.25, 0.3) is 0 Å². The van der Waals surface area contributed by atoms with Crippen LogP contribution in [0.25, 0.3) is 0 Å². The number of carboxylic acids is 1. The zero-order chi connectivity index (χ0) is 14.1. The Balaban J connectivity index is 1.91. The van der Waals surface area contributed by atoms with Gasteiger partial charge < -0.3 is 9.67 Å². The minimum atomic E-state index is -0.865. The topological polar surface area (TPSA) is 68.0 Å². The molecular weight excluding hydrogens is 261 g/mol. The van der Waals surface area contributed by atoms with Crippen LogP contribution in [0.2, 0.25) is 0 Å². The predicted molar refractivity (Wildman–Crippen MR) is 68.8 cm³/mol. The summed E-state index contributed by atoms with van der Waals surface area (Å²) in [6.07, 6.45) is 1.84. The molecule has 1 atom stereocenters. The summed E-state index contributed by atoms with van der Waals surface area (Å²) >= 11 is 0. The van der Waals surface area contributed by atoms with Gasteiger partial charge in [0.15, 0.2) is 0 Å². The van der Waals surface area contributed by atoms with Crippen LogP contribution in [0.3, 0.4) is 0 Å². The van der Waals surface area contributed by atoms with Crippen molar-refractivity contribution in [3.8, 4) is 0 Å². The van der Waals surface area contributed by atoms with E-state index in [1.165, 1.54) is 12.1 Å². The zero-order valence-electron chi connectivity index (χ0n) is 10.8. The van der Waals surface area contributed by atoms with Crippen molar-refractivity contribution in [1.29, 1.82) is 0 Å². The van der Waals surface area contributed by atoms with E-state index in [0.717, 1.165) is 18.5 Å². The molecule has 104 valence electrons. The number of hydrogen-bond donors (Lipinski definition) is 1. The molecule has 1 unspecified atom stereocenters. The smallest absolute Gasteiger partial charge is 0.314 e. The maximum Gasteiger partial charge on any atom is 0.314 e. The van der Waals surface area contributed by atoms with E-state index in [2.05, 4.69) is 10.2 Å². The van der Waals surface area contributed by atoms with E-state index in [1.807, 2.05) is 10.6 Å². The van der Waals surface area contributed by atoms with E-state index in [1.54, 1.807) is 6.07 Å². The van der Waals surface area contributed by atoms with Gasteiger partial charge in [0, 0.05) is 13.0 Å². The van der Waals surface area contributed by atoms with Crippen LogP contribution >= 0.6 is 0 Å². The summed E-state index contributed by atoms with van der Waals surface area (Å²) in [4.78, 5) is 11.2. The van der Waals surface area contributed by atoms with Gasteiger partial charge in [-0.15, -0.1) is 10.2 Å². The molecule has 20 heavy (non-hydrogen) atoms. The molecule has 0 saturated heterocycles. The molecule has 1 aliphatic heterocycles. The second-order valence-electron chi connectivity index (χ2n) is 4.97. The molecule has 0 aliphatic carbocycles. The third-order valence-corrected chi connectivity index (χ3v) is 3.59. The van der Waals surface area contributed by atoms with Crippen LogP contribution in [0.4, 0.5) is 4.39 Å². The molecule has 6 heteroatoms. The lowest BCUT2D eigenvalue weighted by Crippen LogP contribution is -2.23. The number of carboxylic acid groups (broad SMARTS) is 1. The van der Waals surface area contributed by atoms with Gasteiger partial charge in [-0.25, -0.2) is 4.39 Å². The molecule has 1 N–H and O–H groups in total. The summed E-state index contributed by atoms with van der Waals surface area (Å²) in [7, 11) is 0. The highest BCUT2D eigenvalue weighted by molar-refractivity contribution is 5.75. The number of nitrogens with zero attached hydrogens (tertiary/aromatic N) is 3. The summed E-state index contributed by atoms with van der Waals surface area (Å²) in [6.45, 7) is 0.719. The molecule has 3 rings (SSSR count). The van der Waals surface area contributed by atoms with E-state index in [0.29, 0.717) is 24.5 Å². The first-order chi connectivity index (χ1) is 9.65. The largest absolute Gasteiger partial charge is 0.481 e. The van der Waals surface area contributed by atoms with Crippen molar-refractivity contribution in [1.82, 2.24) is 14.8 Å². The lowest BCUT2D eigenvalue weighted by Gasteiger charge is -2.20. The highest BCUT2D eigenvalue weighted by Gasteiger charge is 2.30. The number of aromatic nitrogens is 3. The average molecular weight is 275 g/mol. The van der Waals surface area contributed by atoms with Gasteiger partial charge in [0.2, 0.25) is 0 Å². The zero-order valence-corrected chi connectivity index (χ0v) is 10.8. The minimum absolute atomic E-state index is 0.288. The highest BCUT2D eigenvalue weighted by atomic mass is 19.1. The number of fused-ring (bicyclic) bond motifs is 1. The Morgan fingerprint density at radius 2 is 2.30 bits per heavy atom. The van der Waals surface area contributed by atoms with Gasteiger partial charge in [-0.2, -0.15) is 0 Å². The molecular formula is C14H14FN3O2. The fourth-order valence-electron chi connectivity index (χ4n) is 2.63. The molecule has 0 fully saturated rings. The molecule has 0 amide bonds. The van der Waals surface area contributed by atoms with Crippen molar-refractivity contribution in [3.05, 3.63) is 47.3 Å². The third-order valence-electron chi connectivity index (χ3n) is 3.59. The van der Waals surface area contributed by atoms with Crippen LogP contribution in [-0.2, 0) is 17.8 Å². The number of halogens is 1. The molecule has 1 aromatic carbocycles. The molecule has 1 aliphatic rings. The molecule has 0 saturated carbocycles. The Morgan fingerprint density at radius 3 is 3.05 bits per heavy atom. The van der Waals surface area contributed by atoms with Gasteiger partial charge >= 0.3 is 5.97 Å². The van der Waals surface area contributed by atoms with Gasteiger partial charge in [-0.3, -0.25) is 4.79 Å². The van der Waals surface area contributed by atoms with Gasteiger partial charge in [-0.1, -0.05) is 12.1 Å². The monoisotopic (exact) mass is 275 g/mol. The Kier molecular flexibility index (Phi) is 3.22. The summed E-state index contributed by atoms with van der Waals surface area (Å²) in [6, 6.07) is 6.32. The number of aliphatic carboxylic acids is 1. The second kappa shape index (κ2) is 5.03. The first-order valence-electron chi connectivity index (χ1n) is 6.54. The average Bonchev–Trinajstić information content (AvgIpc) is 2.82. The van der Waals surface area contributed by atoms with E-state index in [4.69, 9.17) is 0 Å². The van der Waals surface area contributed by atoms with Crippen LogP contribution in [0, 0.1) is 5.82 Å². The van der Waals surface area contributed by atoms with Gasteiger partial charge in [-0.05, 0) is 30.5 Å². The maximum atomic E-state index is 13.2. The van der Waals surface area contributed by atoms with E-state index >= 15 is 0 Å². The highest BCUT2D eigenvalue weighted by Crippen LogP contribution is 2.27. The Bertz CT molecular complexity index is 654. The first-order valence-corrected chi connectivity index (χ1v) is 6.54. The Morgan fingerprint density at radius 1 is 1.45 bits per heavy atom. The number of rotatable bonds is 3. The maximum absolute atomic E-state index is 13.2. The normalized spacial score (nSPS) is 17.8. The summed E-state index contributed by atoms with van der Waals surface area (Å²) in [5.41, 5.74) is 0.803. The van der Waals surface area contributed by atoms with Gasteiger partial charge in [0.1, 0.15) is 23.4 Å². The summed E-state index contributed by atoms with van der Waals surface area (Å²) < 4.78 is 15.0. The fraction of sp³-hybridized carbons (Fsp3) is 0.357. The predicted octanol–water partition coefficient (Wildman–Crippen LogP) is 1.97. The van der Waals surface area contributed by atoms with E-state index < -0.39 is 11.9 Å². The van der Waals surface area contributed by atoms with Crippen LogP contribution in [0.15, 0.2) is 24.3 Å². The molecule has 1 aromatic heterocycles. The van der Waals surface area contributed by atoms with Crippen LogP contribution < -0.4 is 0 Å². The fourth-order valence-corrected chi connectivity index (χ4v) is 2.63. The van der Waals surface area contributed by atoms with Crippen molar-refractivity contribution < 1.29 is 14.3 Å². The standard InChI is InChI=1S/C14H14FN3O2/c15-10-4-1-3-9(7-10)8-12-16-17-13-11(14(19)20)5-2-6-18(12)13/h1,3-4,7,11H,2,5-6,8H2,(H,19,20). The lowest BCUT2D eigenvalue weighted by atomic mass is 9.99. The lowest BCUT2D eigenvalue weighted by molar-refractivity contribution is -0.139. The number of carbonyl (C=O) groups is 1. The van der Waals surface area contributed by atoms with Crippen molar-refractivity contribution in [3.63, 3.8) is 0 Å². The quantitative estimate of drug-likeness (QED) is 0.930. The Labute approximate surface area is 115 Å². The number of hydrogen-bond acceptors (Lipinski definition) is 3. The van der Waals surface area contributed by atoms with Crippen LogP contribution in [0.5, 0.6) is 0 Å². The SMILES string of the molecule is O=C(O)C1CCCn2c(Cc3cccc(F)c3)nnc21. The molecule has 5 nitrogen and oxygen atoms in total. The minimum Gasteiger partial charge on any atom is -0.481 e. The van der Waals surface area contributed by atoms with Crippen molar-refractivity contribution in [2.24, 2.45) is 0 Å². The van der Waals surface area contributed by atoms with Gasteiger partial charge in [0.05, 0.1) is 0 Å². The van der Waals surface area contributed by atoms with Crippen molar-refractivity contribution in [2.75, 3.05) is 0 Å². The van der Waals surface area contributed by atoms with Crippen LogP contribution in [0.1, 0.15) is 36.0 Å². The molecule has 2 aromatic rings. The molecule has 0 radical (unpaired) electrons. The molecule has 0 spiro atoms. The first kappa shape index (κ1) is 12.8. The molecule has 0 bridgehead atoms. The van der Waals surface area contributed by atoms with E-state index in [9.17, 15) is 14.3 Å². The summed E-state index contributed by atoms with van der Waals surface area (Å²) in [5, 5.41) is 17.3. The Hall–Kier alpha value is -2.24. The van der Waals surface area contributed by atoms with Crippen molar-refractivity contribution >= 4 is 5.97 Å². The second-order valence-corrected chi connectivity index (χ2v) is 4.97. The van der Waals surface area contributed by atoms with Crippen molar-refractivity contribution in [2.45, 2.75) is 31.7 Å². The van der Waals surface area contributed by atoms with E-state index in [-0.39, 0.29) is 5.82 Å².